The summed E-state index contributed by atoms with van der Waals surface area (Å²) < 4.78 is 7.14. The van der Waals surface area contributed by atoms with Gasteiger partial charge in [-0.1, -0.05) is 0 Å². The van der Waals surface area contributed by atoms with Crippen LogP contribution >= 0.6 is 0 Å². The summed E-state index contributed by atoms with van der Waals surface area (Å²) in [5.74, 6) is 2.30. The van der Waals surface area contributed by atoms with Gasteiger partial charge in [0.15, 0.2) is 0 Å². The molecule has 7 heteroatoms. The molecule has 0 unspecified atom stereocenters. The average molecular weight is 310 g/mol. The van der Waals surface area contributed by atoms with Gasteiger partial charge in [0.25, 0.3) is 0 Å². The summed E-state index contributed by atoms with van der Waals surface area (Å²) in [4.78, 5) is 10.8. The van der Waals surface area contributed by atoms with Gasteiger partial charge >= 0.3 is 0 Å². The lowest BCUT2D eigenvalue weighted by molar-refractivity contribution is 0.415. The molecule has 0 spiro atoms. The lowest BCUT2D eigenvalue weighted by Crippen LogP contribution is -2.21. The number of methoxy groups -OCH3 is 1. The molecule has 2 aromatic heterocycles. The normalized spacial score (nSPS) is 10.6. The van der Waals surface area contributed by atoms with Crippen LogP contribution in [0.1, 0.15) is 5.82 Å². The van der Waals surface area contributed by atoms with E-state index in [1.165, 1.54) is 0 Å². The molecular weight excluding hydrogens is 292 g/mol. The molecule has 0 aliphatic carbocycles. The number of imidazole rings is 1. The average Bonchev–Trinajstić information content (AvgIpc) is 3.00. The Morgan fingerprint density at radius 1 is 1.22 bits per heavy atom. The fourth-order valence-electron chi connectivity index (χ4n) is 2.19. The summed E-state index contributed by atoms with van der Waals surface area (Å²) in [6, 6.07) is 7.69. The molecule has 0 N–H and O–H groups in total. The van der Waals surface area contributed by atoms with Crippen molar-refractivity contribution in [1.29, 1.82) is 0 Å². The van der Waals surface area contributed by atoms with E-state index >= 15 is 0 Å². The fourth-order valence-corrected chi connectivity index (χ4v) is 2.19. The van der Waals surface area contributed by atoms with E-state index in [9.17, 15) is 0 Å². The van der Waals surface area contributed by atoms with Crippen LogP contribution < -0.4 is 9.64 Å². The second-order valence-corrected chi connectivity index (χ2v) is 5.18. The molecule has 2 heterocycles. The van der Waals surface area contributed by atoms with E-state index in [-0.39, 0.29) is 0 Å². The van der Waals surface area contributed by atoms with Crippen LogP contribution in [-0.4, -0.2) is 38.9 Å². The van der Waals surface area contributed by atoms with Gasteiger partial charge in [0.1, 0.15) is 11.6 Å². The maximum absolute atomic E-state index is 5.17. The van der Waals surface area contributed by atoms with Gasteiger partial charge < -0.3 is 14.2 Å². The van der Waals surface area contributed by atoms with Crippen LogP contribution in [0.25, 0.3) is 11.3 Å². The third kappa shape index (κ3) is 3.28. The maximum atomic E-state index is 5.17. The van der Waals surface area contributed by atoms with Crippen LogP contribution in [-0.2, 0) is 13.6 Å². The highest BCUT2D eigenvalue weighted by molar-refractivity contribution is 5.60. The molecular formula is C16H18N6O. The number of aryl methyl sites for hydroxylation is 1. The molecule has 0 fully saturated rings. The van der Waals surface area contributed by atoms with Crippen molar-refractivity contribution in [1.82, 2.24) is 24.7 Å². The van der Waals surface area contributed by atoms with Crippen LogP contribution in [0, 0.1) is 0 Å². The first-order valence-electron chi connectivity index (χ1n) is 7.19. The second-order valence-electron chi connectivity index (χ2n) is 5.18. The van der Waals surface area contributed by atoms with E-state index < -0.39 is 0 Å². The minimum Gasteiger partial charge on any atom is -0.497 e. The molecule has 0 amide bonds. The molecule has 0 saturated carbocycles. The van der Waals surface area contributed by atoms with Crippen molar-refractivity contribution >= 4 is 5.95 Å². The van der Waals surface area contributed by atoms with Gasteiger partial charge in [-0.25, -0.2) is 9.97 Å². The Labute approximate surface area is 134 Å². The maximum Gasteiger partial charge on any atom is 0.246 e. The molecule has 7 nitrogen and oxygen atoms in total. The number of anilines is 1. The Hall–Kier alpha value is -2.96. The van der Waals surface area contributed by atoms with E-state index in [4.69, 9.17) is 4.74 Å². The molecule has 3 aromatic rings. The van der Waals surface area contributed by atoms with Crippen LogP contribution in [0.15, 0.2) is 42.9 Å². The smallest absolute Gasteiger partial charge is 0.246 e. The van der Waals surface area contributed by atoms with Gasteiger partial charge in [0, 0.05) is 32.1 Å². The Morgan fingerprint density at radius 2 is 2.00 bits per heavy atom. The summed E-state index contributed by atoms with van der Waals surface area (Å²) in [6.07, 6.45) is 5.34. The number of aromatic nitrogens is 5. The number of hydrogen-bond donors (Lipinski definition) is 0. The lowest BCUT2D eigenvalue weighted by Gasteiger charge is -2.16. The van der Waals surface area contributed by atoms with Crippen LogP contribution in [0.5, 0.6) is 5.75 Å². The molecule has 0 radical (unpaired) electrons. The largest absolute Gasteiger partial charge is 0.497 e. The zero-order valence-corrected chi connectivity index (χ0v) is 13.3. The first-order chi connectivity index (χ1) is 11.2. The van der Waals surface area contributed by atoms with E-state index in [0.717, 1.165) is 22.8 Å². The Morgan fingerprint density at radius 3 is 2.65 bits per heavy atom. The van der Waals surface area contributed by atoms with Crippen molar-refractivity contribution in [2.75, 3.05) is 19.1 Å². The summed E-state index contributed by atoms with van der Waals surface area (Å²) >= 11 is 0. The summed E-state index contributed by atoms with van der Waals surface area (Å²) in [5.41, 5.74) is 1.73. The molecule has 1 aromatic carbocycles. The zero-order chi connectivity index (χ0) is 16.2. The second kappa shape index (κ2) is 6.43. The van der Waals surface area contributed by atoms with Gasteiger partial charge in [0.05, 0.1) is 25.5 Å². The first-order valence-corrected chi connectivity index (χ1v) is 7.19. The van der Waals surface area contributed by atoms with Crippen LogP contribution in [0.3, 0.4) is 0 Å². The predicted octanol–water partition coefficient (Wildman–Crippen LogP) is 1.92. The Bertz CT molecular complexity index is 783. The van der Waals surface area contributed by atoms with Crippen LogP contribution in [0.4, 0.5) is 5.95 Å². The molecule has 0 bridgehead atoms. The fraction of sp³-hybridized carbons (Fsp3) is 0.250. The van der Waals surface area contributed by atoms with Gasteiger partial charge in [-0.3, -0.25) is 0 Å². The molecule has 0 aliphatic rings. The SMILES string of the molecule is COc1ccc(-c2cnnc(N(C)Cc3nccn3C)n2)cc1. The van der Waals surface area contributed by atoms with Crippen molar-refractivity contribution in [3.05, 3.63) is 48.7 Å². The van der Waals surface area contributed by atoms with Crippen molar-refractivity contribution < 1.29 is 4.74 Å². The number of nitrogens with zero attached hydrogens (tertiary/aromatic N) is 6. The highest BCUT2D eigenvalue weighted by atomic mass is 16.5. The van der Waals surface area contributed by atoms with Gasteiger partial charge in [0.2, 0.25) is 5.95 Å². The first kappa shape index (κ1) is 15.0. The van der Waals surface area contributed by atoms with Crippen molar-refractivity contribution in [3.8, 4) is 17.0 Å². The zero-order valence-electron chi connectivity index (χ0n) is 13.3. The molecule has 23 heavy (non-hydrogen) atoms. The van der Waals surface area contributed by atoms with Gasteiger partial charge in [-0.05, 0) is 24.3 Å². The van der Waals surface area contributed by atoms with Crippen molar-refractivity contribution in [3.63, 3.8) is 0 Å². The molecule has 0 aliphatic heterocycles. The summed E-state index contributed by atoms with van der Waals surface area (Å²) in [6.45, 7) is 0.608. The third-order valence-electron chi connectivity index (χ3n) is 3.57. The summed E-state index contributed by atoms with van der Waals surface area (Å²) in [7, 11) is 5.53. The number of hydrogen-bond acceptors (Lipinski definition) is 6. The highest BCUT2D eigenvalue weighted by Gasteiger charge is 2.10. The van der Waals surface area contributed by atoms with Crippen LogP contribution in [0.2, 0.25) is 0 Å². The van der Waals surface area contributed by atoms with Gasteiger partial charge in [-0.2, -0.15) is 5.10 Å². The minimum atomic E-state index is 0.557. The third-order valence-corrected chi connectivity index (χ3v) is 3.57. The lowest BCUT2D eigenvalue weighted by atomic mass is 10.1. The number of rotatable bonds is 5. The molecule has 118 valence electrons. The van der Waals surface area contributed by atoms with E-state index in [2.05, 4.69) is 20.2 Å². The highest BCUT2D eigenvalue weighted by Crippen LogP contribution is 2.21. The van der Waals surface area contributed by atoms with E-state index in [1.807, 2.05) is 54.0 Å². The number of benzene rings is 1. The standard InChI is InChI=1S/C16H18N6O/c1-21-9-8-17-15(21)11-22(2)16-19-14(10-18-20-16)12-4-6-13(23-3)7-5-12/h4-10H,11H2,1-3H3. The van der Waals surface area contributed by atoms with E-state index in [1.54, 1.807) is 19.5 Å². The topological polar surface area (TPSA) is 69.0 Å². The minimum absolute atomic E-state index is 0.557. The van der Waals surface area contributed by atoms with Crippen molar-refractivity contribution in [2.45, 2.75) is 6.54 Å². The Kier molecular flexibility index (Phi) is 4.18. The van der Waals surface area contributed by atoms with Gasteiger partial charge in [-0.15, -0.1) is 5.10 Å². The molecule has 0 atom stereocenters. The quantitative estimate of drug-likeness (QED) is 0.717. The predicted molar refractivity (Wildman–Crippen MR) is 87.1 cm³/mol. The summed E-state index contributed by atoms with van der Waals surface area (Å²) in [5, 5.41) is 8.18. The van der Waals surface area contributed by atoms with E-state index in [0.29, 0.717) is 12.5 Å². The van der Waals surface area contributed by atoms with Crippen molar-refractivity contribution in [2.24, 2.45) is 7.05 Å². The molecule has 0 saturated heterocycles. The monoisotopic (exact) mass is 310 g/mol. The molecule has 3 rings (SSSR count). The number of ether oxygens (including phenoxy) is 1. The Balaban J connectivity index is 1.82.